The summed E-state index contributed by atoms with van der Waals surface area (Å²) in [5.74, 6) is 1.00. The van der Waals surface area contributed by atoms with Crippen molar-refractivity contribution in [2.24, 2.45) is 11.7 Å². The maximum Gasteiger partial charge on any atom is 0.339 e. The number of pyridine rings is 1. The Balaban J connectivity index is 2.06. The summed E-state index contributed by atoms with van der Waals surface area (Å²) in [7, 11) is 0. The highest BCUT2D eigenvalue weighted by Gasteiger charge is 2.27. The number of aromatic nitrogens is 1. The lowest BCUT2D eigenvalue weighted by molar-refractivity contribution is 0.0526. The number of hydrogen-bond acceptors (Lipinski definition) is 5. The van der Waals surface area contributed by atoms with Crippen LogP contribution in [-0.2, 0) is 4.74 Å². The Morgan fingerprint density at radius 1 is 1.56 bits per heavy atom. The molecule has 1 fully saturated rings. The monoisotopic (exact) mass is 249 g/mol. The van der Waals surface area contributed by atoms with Crippen molar-refractivity contribution in [1.82, 2.24) is 4.98 Å². The summed E-state index contributed by atoms with van der Waals surface area (Å²) in [4.78, 5) is 17.9. The van der Waals surface area contributed by atoms with Crippen LogP contribution in [0.3, 0.4) is 0 Å². The Kier molecular flexibility index (Phi) is 3.81. The molecule has 2 heterocycles. The van der Waals surface area contributed by atoms with Crippen molar-refractivity contribution in [3.63, 3.8) is 0 Å². The zero-order valence-electron chi connectivity index (χ0n) is 10.8. The van der Waals surface area contributed by atoms with Crippen LogP contribution in [0.5, 0.6) is 0 Å². The summed E-state index contributed by atoms with van der Waals surface area (Å²) >= 11 is 0. The van der Waals surface area contributed by atoms with E-state index in [-0.39, 0.29) is 12.0 Å². The van der Waals surface area contributed by atoms with Crippen molar-refractivity contribution in [3.8, 4) is 0 Å². The van der Waals surface area contributed by atoms with Gasteiger partial charge in [0.15, 0.2) is 0 Å². The first-order valence-electron chi connectivity index (χ1n) is 6.25. The maximum atomic E-state index is 11.5. The molecular weight excluding hydrogens is 230 g/mol. The molecule has 1 aromatic heterocycles. The zero-order valence-corrected chi connectivity index (χ0v) is 10.8. The molecule has 1 aromatic rings. The number of nitrogens with two attached hydrogens (primary N) is 1. The number of carbonyl (C=O) groups excluding carboxylic acids is 1. The molecule has 0 amide bonds. The van der Waals surface area contributed by atoms with Crippen LogP contribution >= 0.6 is 0 Å². The molecule has 0 bridgehead atoms. The third-order valence-corrected chi connectivity index (χ3v) is 3.25. The summed E-state index contributed by atoms with van der Waals surface area (Å²) in [6.45, 7) is 6.02. The van der Waals surface area contributed by atoms with E-state index in [2.05, 4.69) is 16.8 Å². The van der Waals surface area contributed by atoms with Crippen molar-refractivity contribution in [1.29, 1.82) is 0 Å². The molecular formula is C13H19N3O2. The normalized spacial score (nSPS) is 23.2. The highest BCUT2D eigenvalue weighted by atomic mass is 16.5. The van der Waals surface area contributed by atoms with E-state index in [4.69, 9.17) is 10.5 Å². The van der Waals surface area contributed by atoms with Crippen molar-refractivity contribution < 1.29 is 9.53 Å². The molecule has 5 nitrogen and oxygen atoms in total. The number of ether oxygens (including phenoxy) is 1. The second kappa shape index (κ2) is 5.35. The van der Waals surface area contributed by atoms with E-state index < -0.39 is 0 Å². The Hall–Kier alpha value is -1.62. The van der Waals surface area contributed by atoms with E-state index in [0.717, 1.165) is 18.9 Å². The molecule has 0 radical (unpaired) electrons. The van der Waals surface area contributed by atoms with E-state index in [9.17, 15) is 4.79 Å². The predicted molar refractivity (Wildman–Crippen MR) is 69.5 cm³/mol. The Morgan fingerprint density at radius 2 is 2.33 bits per heavy atom. The van der Waals surface area contributed by atoms with Crippen LogP contribution in [0, 0.1) is 5.92 Å². The molecule has 98 valence electrons. The first-order chi connectivity index (χ1) is 8.61. The average molecular weight is 249 g/mol. The van der Waals surface area contributed by atoms with Gasteiger partial charge in [0.1, 0.15) is 5.82 Å². The number of esters is 1. The van der Waals surface area contributed by atoms with Crippen LogP contribution < -0.4 is 10.6 Å². The predicted octanol–water partition coefficient (Wildman–Crippen LogP) is 1.04. The van der Waals surface area contributed by atoms with Crippen LogP contribution in [0.2, 0.25) is 0 Å². The fraction of sp³-hybridized carbons (Fsp3) is 0.538. The topological polar surface area (TPSA) is 68.5 Å². The van der Waals surface area contributed by atoms with Gasteiger partial charge in [-0.1, -0.05) is 6.92 Å². The van der Waals surface area contributed by atoms with Crippen LogP contribution in [0.1, 0.15) is 24.2 Å². The summed E-state index contributed by atoms with van der Waals surface area (Å²) in [6.07, 6.45) is 1.56. The van der Waals surface area contributed by atoms with Gasteiger partial charge in [0.2, 0.25) is 0 Å². The van der Waals surface area contributed by atoms with Gasteiger partial charge in [-0.05, 0) is 25.0 Å². The van der Waals surface area contributed by atoms with E-state index >= 15 is 0 Å². The van der Waals surface area contributed by atoms with Gasteiger partial charge in [0, 0.05) is 25.3 Å². The molecule has 2 rings (SSSR count). The lowest BCUT2D eigenvalue weighted by atomic mass is 10.1. The van der Waals surface area contributed by atoms with Crippen molar-refractivity contribution in [3.05, 3.63) is 23.9 Å². The van der Waals surface area contributed by atoms with Crippen molar-refractivity contribution in [2.45, 2.75) is 19.9 Å². The molecule has 5 heteroatoms. The number of rotatable bonds is 3. The first kappa shape index (κ1) is 12.8. The molecule has 2 N–H and O–H groups in total. The van der Waals surface area contributed by atoms with E-state index in [0.29, 0.717) is 18.1 Å². The molecule has 1 saturated heterocycles. The number of hydrogen-bond donors (Lipinski definition) is 1. The third kappa shape index (κ3) is 2.61. The number of nitrogens with zero attached hydrogens (tertiary/aromatic N) is 2. The Morgan fingerprint density at radius 3 is 2.83 bits per heavy atom. The molecule has 0 aromatic carbocycles. The fourth-order valence-corrected chi connectivity index (χ4v) is 2.09. The lowest BCUT2D eigenvalue weighted by Crippen LogP contribution is -2.28. The third-order valence-electron chi connectivity index (χ3n) is 3.25. The van der Waals surface area contributed by atoms with E-state index in [1.807, 2.05) is 6.07 Å². The molecule has 18 heavy (non-hydrogen) atoms. The zero-order chi connectivity index (χ0) is 13.1. The smallest absolute Gasteiger partial charge is 0.339 e. The largest absolute Gasteiger partial charge is 0.462 e. The van der Waals surface area contributed by atoms with Gasteiger partial charge < -0.3 is 15.4 Å². The number of carbonyl (C=O) groups is 1. The van der Waals surface area contributed by atoms with Crippen molar-refractivity contribution >= 4 is 11.8 Å². The molecule has 1 aliphatic rings. The van der Waals surface area contributed by atoms with Gasteiger partial charge in [-0.2, -0.15) is 0 Å². The maximum absolute atomic E-state index is 11.5. The van der Waals surface area contributed by atoms with Crippen LogP contribution in [0.25, 0.3) is 0 Å². The molecule has 2 unspecified atom stereocenters. The number of anilines is 1. The molecule has 0 saturated carbocycles. The van der Waals surface area contributed by atoms with E-state index in [1.54, 1.807) is 19.2 Å². The quantitative estimate of drug-likeness (QED) is 0.811. The second-order valence-corrected chi connectivity index (χ2v) is 4.67. The van der Waals surface area contributed by atoms with Gasteiger partial charge in [-0.15, -0.1) is 0 Å². The highest BCUT2D eigenvalue weighted by Crippen LogP contribution is 2.21. The summed E-state index contributed by atoms with van der Waals surface area (Å²) in [5, 5.41) is 0. The van der Waals surface area contributed by atoms with Gasteiger partial charge >= 0.3 is 5.97 Å². The molecule has 1 aliphatic heterocycles. The van der Waals surface area contributed by atoms with Gasteiger partial charge in [0.05, 0.1) is 12.2 Å². The summed E-state index contributed by atoms with van der Waals surface area (Å²) < 4.78 is 4.91. The fourth-order valence-electron chi connectivity index (χ4n) is 2.09. The lowest BCUT2D eigenvalue weighted by Gasteiger charge is -2.16. The van der Waals surface area contributed by atoms with E-state index in [1.165, 1.54) is 0 Å². The Labute approximate surface area is 107 Å². The van der Waals surface area contributed by atoms with Gasteiger partial charge in [-0.25, -0.2) is 9.78 Å². The SMILES string of the molecule is CCOC(=O)c1ccc(N2CC(C)C(N)C2)nc1. The molecule has 0 spiro atoms. The minimum Gasteiger partial charge on any atom is -0.462 e. The first-order valence-corrected chi connectivity index (χ1v) is 6.25. The minimum atomic E-state index is -0.331. The van der Waals surface area contributed by atoms with Crippen LogP contribution in [0.4, 0.5) is 5.82 Å². The average Bonchev–Trinajstić information content (AvgIpc) is 2.70. The van der Waals surface area contributed by atoms with Crippen molar-refractivity contribution in [2.75, 3.05) is 24.6 Å². The van der Waals surface area contributed by atoms with Crippen LogP contribution in [-0.4, -0.2) is 36.7 Å². The van der Waals surface area contributed by atoms with Gasteiger partial charge in [-0.3, -0.25) is 0 Å². The standard InChI is InChI=1S/C13H19N3O2/c1-3-18-13(17)10-4-5-12(15-6-10)16-7-9(2)11(14)8-16/h4-6,9,11H,3,7-8,14H2,1-2H3. The molecule has 0 aliphatic carbocycles. The highest BCUT2D eigenvalue weighted by molar-refractivity contribution is 5.89. The molecule has 2 atom stereocenters. The summed E-state index contributed by atoms with van der Waals surface area (Å²) in [6, 6.07) is 3.78. The van der Waals surface area contributed by atoms with Crippen LogP contribution in [0.15, 0.2) is 18.3 Å². The van der Waals surface area contributed by atoms with Gasteiger partial charge in [0.25, 0.3) is 0 Å². The minimum absolute atomic E-state index is 0.191. The Bertz CT molecular complexity index is 409. The second-order valence-electron chi connectivity index (χ2n) is 4.67. The summed E-state index contributed by atoms with van der Waals surface area (Å²) in [5.41, 5.74) is 6.46.